The van der Waals surface area contributed by atoms with Crippen molar-refractivity contribution in [3.05, 3.63) is 24.0 Å². The normalized spacial score (nSPS) is 19.5. The van der Waals surface area contributed by atoms with Crippen molar-refractivity contribution in [3.63, 3.8) is 0 Å². The van der Waals surface area contributed by atoms with Crippen LogP contribution in [0.3, 0.4) is 0 Å². The Morgan fingerprint density at radius 2 is 1.80 bits per heavy atom. The van der Waals surface area contributed by atoms with E-state index in [1.165, 1.54) is 6.07 Å². The lowest BCUT2D eigenvalue weighted by Gasteiger charge is -2.38. The molecule has 0 radical (unpaired) electrons. The lowest BCUT2D eigenvalue weighted by atomic mass is 10.0. The Morgan fingerprint density at radius 1 is 1.08 bits per heavy atom. The number of nitrogens with zero attached hydrogens (tertiary/aromatic N) is 1. The highest BCUT2D eigenvalue weighted by molar-refractivity contribution is 5.51. The standard InChI is InChI=1S/C18H26FNO5/c1-21-8-9-22-10-11-23-15-2-3-17(16(19)14-15)20-6-4-18(5-7-20)24-12-13-25-18/h2-3,14H,4-13H2,1H3. The molecule has 6 nitrogen and oxygen atoms in total. The molecule has 2 aliphatic heterocycles. The molecular formula is C18H26FNO5. The van der Waals surface area contributed by atoms with Gasteiger partial charge in [-0.2, -0.15) is 0 Å². The van der Waals surface area contributed by atoms with Crippen LogP contribution >= 0.6 is 0 Å². The number of ether oxygens (including phenoxy) is 5. The van der Waals surface area contributed by atoms with Gasteiger partial charge in [-0.3, -0.25) is 0 Å². The van der Waals surface area contributed by atoms with Crippen LogP contribution in [-0.4, -0.2) is 65.6 Å². The van der Waals surface area contributed by atoms with Crippen LogP contribution in [0.25, 0.3) is 0 Å². The van der Waals surface area contributed by atoms with Gasteiger partial charge in [0.1, 0.15) is 18.2 Å². The summed E-state index contributed by atoms with van der Waals surface area (Å²) in [4.78, 5) is 2.03. The van der Waals surface area contributed by atoms with E-state index in [0.717, 1.165) is 12.8 Å². The molecule has 1 spiro atoms. The molecule has 0 N–H and O–H groups in total. The van der Waals surface area contributed by atoms with Gasteiger partial charge < -0.3 is 28.6 Å². The first-order valence-electron chi connectivity index (χ1n) is 8.74. The molecule has 0 aromatic heterocycles. The number of methoxy groups -OCH3 is 1. The van der Waals surface area contributed by atoms with Gasteiger partial charge in [0.25, 0.3) is 0 Å². The number of anilines is 1. The minimum absolute atomic E-state index is 0.276. The van der Waals surface area contributed by atoms with Crippen LogP contribution in [0.5, 0.6) is 5.75 Å². The molecule has 0 amide bonds. The zero-order valence-electron chi connectivity index (χ0n) is 14.7. The van der Waals surface area contributed by atoms with Crippen LogP contribution in [0.15, 0.2) is 18.2 Å². The summed E-state index contributed by atoms with van der Waals surface area (Å²) in [5, 5.41) is 0. The second-order valence-corrected chi connectivity index (χ2v) is 6.16. The molecular weight excluding hydrogens is 329 g/mol. The van der Waals surface area contributed by atoms with Crippen molar-refractivity contribution in [2.75, 3.05) is 64.7 Å². The van der Waals surface area contributed by atoms with Crippen molar-refractivity contribution in [2.45, 2.75) is 18.6 Å². The Balaban J connectivity index is 1.47. The number of piperidine rings is 1. The van der Waals surface area contributed by atoms with E-state index in [4.69, 9.17) is 23.7 Å². The average Bonchev–Trinajstić information content (AvgIpc) is 3.07. The summed E-state index contributed by atoms with van der Waals surface area (Å²) in [5.74, 6) is -0.215. The topological polar surface area (TPSA) is 49.4 Å². The van der Waals surface area contributed by atoms with Gasteiger partial charge in [-0.25, -0.2) is 4.39 Å². The SMILES string of the molecule is COCCOCCOc1ccc(N2CCC3(CC2)OCCO3)c(F)c1. The smallest absolute Gasteiger partial charge is 0.171 e. The quantitative estimate of drug-likeness (QED) is 0.667. The highest BCUT2D eigenvalue weighted by Gasteiger charge is 2.40. The molecule has 1 aromatic rings. The Bertz CT molecular complexity index is 540. The van der Waals surface area contributed by atoms with Crippen LogP contribution in [0.1, 0.15) is 12.8 Å². The fraction of sp³-hybridized carbons (Fsp3) is 0.667. The van der Waals surface area contributed by atoms with Crippen LogP contribution in [-0.2, 0) is 18.9 Å². The van der Waals surface area contributed by atoms with Gasteiger partial charge in [0.05, 0.1) is 38.7 Å². The summed E-state index contributed by atoms with van der Waals surface area (Å²) < 4.78 is 41.6. The van der Waals surface area contributed by atoms with E-state index in [9.17, 15) is 4.39 Å². The molecule has 0 saturated carbocycles. The molecule has 0 aliphatic carbocycles. The van der Waals surface area contributed by atoms with Gasteiger partial charge in [0.15, 0.2) is 5.79 Å². The molecule has 3 rings (SSSR count). The largest absolute Gasteiger partial charge is 0.491 e. The lowest BCUT2D eigenvalue weighted by Crippen LogP contribution is -2.45. The number of halogens is 1. The molecule has 25 heavy (non-hydrogen) atoms. The Kier molecular flexibility index (Phi) is 6.47. The van der Waals surface area contributed by atoms with Gasteiger partial charge in [-0.05, 0) is 12.1 Å². The maximum Gasteiger partial charge on any atom is 0.171 e. The lowest BCUT2D eigenvalue weighted by molar-refractivity contribution is -0.169. The van der Waals surface area contributed by atoms with Gasteiger partial charge in [0.2, 0.25) is 0 Å². The first-order valence-corrected chi connectivity index (χ1v) is 8.74. The van der Waals surface area contributed by atoms with E-state index in [0.29, 0.717) is 64.2 Å². The Hall–Kier alpha value is -1.41. The third-order valence-electron chi connectivity index (χ3n) is 4.53. The highest BCUT2D eigenvalue weighted by Crippen LogP contribution is 2.34. The first kappa shape index (κ1) is 18.4. The first-order chi connectivity index (χ1) is 12.2. The number of hydrogen-bond acceptors (Lipinski definition) is 6. The molecule has 2 saturated heterocycles. The number of benzene rings is 1. The van der Waals surface area contributed by atoms with Gasteiger partial charge in [-0.15, -0.1) is 0 Å². The van der Waals surface area contributed by atoms with E-state index in [-0.39, 0.29) is 5.82 Å². The monoisotopic (exact) mass is 355 g/mol. The van der Waals surface area contributed by atoms with Crippen LogP contribution < -0.4 is 9.64 Å². The third-order valence-corrected chi connectivity index (χ3v) is 4.53. The van der Waals surface area contributed by atoms with E-state index >= 15 is 0 Å². The minimum atomic E-state index is -0.446. The Labute approximate surface area is 147 Å². The molecule has 2 fully saturated rings. The van der Waals surface area contributed by atoms with Gasteiger partial charge in [-0.1, -0.05) is 0 Å². The van der Waals surface area contributed by atoms with Crippen molar-refractivity contribution >= 4 is 5.69 Å². The summed E-state index contributed by atoms with van der Waals surface area (Å²) in [7, 11) is 1.63. The summed E-state index contributed by atoms with van der Waals surface area (Å²) in [5.41, 5.74) is 0.594. The second kappa shape index (κ2) is 8.80. The Morgan fingerprint density at radius 3 is 2.48 bits per heavy atom. The molecule has 0 unspecified atom stereocenters. The van der Waals surface area contributed by atoms with Crippen molar-refractivity contribution < 1.29 is 28.1 Å². The highest BCUT2D eigenvalue weighted by atomic mass is 19.1. The zero-order valence-corrected chi connectivity index (χ0v) is 14.7. The maximum atomic E-state index is 14.4. The average molecular weight is 355 g/mol. The number of rotatable bonds is 8. The predicted octanol–water partition coefficient (Wildman–Crippen LogP) is 2.21. The number of hydrogen-bond donors (Lipinski definition) is 0. The van der Waals surface area contributed by atoms with Gasteiger partial charge >= 0.3 is 0 Å². The van der Waals surface area contributed by atoms with Crippen molar-refractivity contribution in [1.29, 1.82) is 0 Å². The molecule has 0 bridgehead atoms. The van der Waals surface area contributed by atoms with Crippen molar-refractivity contribution in [1.82, 2.24) is 0 Å². The summed E-state index contributed by atoms with van der Waals surface area (Å²) >= 11 is 0. The summed E-state index contributed by atoms with van der Waals surface area (Å²) in [6.07, 6.45) is 1.51. The predicted molar refractivity (Wildman–Crippen MR) is 90.7 cm³/mol. The van der Waals surface area contributed by atoms with Gasteiger partial charge in [0, 0.05) is 39.1 Å². The van der Waals surface area contributed by atoms with E-state index < -0.39 is 5.79 Å². The molecule has 1 aromatic carbocycles. The maximum absolute atomic E-state index is 14.4. The van der Waals surface area contributed by atoms with Crippen LogP contribution in [0.2, 0.25) is 0 Å². The second-order valence-electron chi connectivity index (χ2n) is 6.16. The fourth-order valence-electron chi connectivity index (χ4n) is 3.17. The minimum Gasteiger partial charge on any atom is -0.491 e. The van der Waals surface area contributed by atoms with Crippen LogP contribution in [0, 0.1) is 5.82 Å². The molecule has 2 heterocycles. The molecule has 2 aliphatic rings. The fourth-order valence-corrected chi connectivity index (χ4v) is 3.17. The van der Waals surface area contributed by atoms with Crippen molar-refractivity contribution in [3.8, 4) is 5.75 Å². The summed E-state index contributed by atoms with van der Waals surface area (Å²) in [6.45, 7) is 4.62. The van der Waals surface area contributed by atoms with E-state index in [1.54, 1.807) is 19.2 Å². The molecule has 0 atom stereocenters. The summed E-state index contributed by atoms with van der Waals surface area (Å²) in [6, 6.07) is 4.99. The zero-order chi connectivity index (χ0) is 17.5. The van der Waals surface area contributed by atoms with Crippen LogP contribution in [0.4, 0.5) is 10.1 Å². The van der Waals surface area contributed by atoms with E-state index in [1.807, 2.05) is 4.90 Å². The molecule has 7 heteroatoms. The van der Waals surface area contributed by atoms with E-state index in [2.05, 4.69) is 0 Å². The van der Waals surface area contributed by atoms with Crippen molar-refractivity contribution in [2.24, 2.45) is 0 Å². The molecule has 140 valence electrons. The third kappa shape index (κ3) is 4.82.